The van der Waals surface area contributed by atoms with E-state index in [0.29, 0.717) is 5.75 Å². The van der Waals surface area contributed by atoms with E-state index >= 15 is 0 Å². The highest BCUT2D eigenvalue weighted by atomic mass is 16.6. The number of nitrogens with one attached hydrogen (secondary N) is 1. The monoisotopic (exact) mass is 355 g/mol. The molecule has 0 bridgehead atoms. The Labute approximate surface area is 154 Å². The number of rotatable bonds is 7. The third-order valence-electron chi connectivity index (χ3n) is 4.21. The highest BCUT2D eigenvalue weighted by Gasteiger charge is 2.13. The summed E-state index contributed by atoms with van der Waals surface area (Å²) in [6, 6.07) is 13.3. The summed E-state index contributed by atoms with van der Waals surface area (Å²) in [5.74, 6) is -0.306. The second-order valence-corrected chi connectivity index (χ2v) is 6.35. The van der Waals surface area contributed by atoms with Gasteiger partial charge in [-0.05, 0) is 56.0 Å². The van der Waals surface area contributed by atoms with Crippen LogP contribution in [0.15, 0.2) is 42.5 Å². The standard InChI is InChI=1S/C21H25NO4/c1-14-9-10-18(11-16(14)3)17(4)22-20(23)12-26-21(24)13-25-19-8-6-5-7-15(19)2/h5-11,17H,12-13H2,1-4H3,(H,22,23)/t17-/m0/s1. The Morgan fingerprint density at radius 3 is 2.38 bits per heavy atom. The summed E-state index contributed by atoms with van der Waals surface area (Å²) >= 11 is 0. The number of para-hydroxylation sites is 1. The van der Waals surface area contributed by atoms with Gasteiger partial charge >= 0.3 is 5.97 Å². The van der Waals surface area contributed by atoms with E-state index in [0.717, 1.165) is 11.1 Å². The van der Waals surface area contributed by atoms with E-state index in [9.17, 15) is 9.59 Å². The average molecular weight is 355 g/mol. The minimum absolute atomic E-state index is 0.163. The summed E-state index contributed by atoms with van der Waals surface area (Å²) < 4.78 is 10.4. The molecule has 0 radical (unpaired) electrons. The number of aryl methyl sites for hydroxylation is 3. The highest BCUT2D eigenvalue weighted by Crippen LogP contribution is 2.17. The molecular formula is C21H25NO4. The quantitative estimate of drug-likeness (QED) is 0.773. The maximum Gasteiger partial charge on any atom is 0.344 e. The molecule has 2 aromatic rings. The van der Waals surface area contributed by atoms with Gasteiger partial charge in [0.05, 0.1) is 6.04 Å². The van der Waals surface area contributed by atoms with E-state index in [1.165, 1.54) is 11.1 Å². The average Bonchev–Trinajstić information content (AvgIpc) is 2.61. The molecule has 1 atom stereocenters. The summed E-state index contributed by atoms with van der Waals surface area (Å²) in [7, 11) is 0. The van der Waals surface area contributed by atoms with Crippen molar-refractivity contribution in [3.05, 3.63) is 64.7 Å². The van der Waals surface area contributed by atoms with Crippen LogP contribution >= 0.6 is 0 Å². The molecule has 0 aliphatic carbocycles. The Morgan fingerprint density at radius 1 is 0.962 bits per heavy atom. The zero-order valence-electron chi connectivity index (χ0n) is 15.7. The van der Waals surface area contributed by atoms with Gasteiger partial charge in [-0.3, -0.25) is 4.79 Å². The first-order valence-electron chi connectivity index (χ1n) is 8.57. The first kappa shape index (κ1) is 19.5. The number of carbonyl (C=O) groups excluding carboxylic acids is 2. The Balaban J connectivity index is 1.76. The summed E-state index contributed by atoms with van der Waals surface area (Å²) in [6.07, 6.45) is 0. The number of hydrogen-bond acceptors (Lipinski definition) is 4. The molecule has 138 valence electrons. The lowest BCUT2D eigenvalue weighted by Crippen LogP contribution is -2.32. The van der Waals surface area contributed by atoms with E-state index in [4.69, 9.17) is 9.47 Å². The van der Waals surface area contributed by atoms with Gasteiger partial charge < -0.3 is 14.8 Å². The van der Waals surface area contributed by atoms with Crippen molar-refractivity contribution in [2.75, 3.05) is 13.2 Å². The van der Waals surface area contributed by atoms with Crippen LogP contribution in [0.3, 0.4) is 0 Å². The fraction of sp³-hybridized carbons (Fsp3) is 0.333. The molecule has 2 rings (SSSR count). The van der Waals surface area contributed by atoms with Crippen molar-refractivity contribution < 1.29 is 19.1 Å². The highest BCUT2D eigenvalue weighted by molar-refractivity contribution is 5.81. The molecule has 0 heterocycles. The van der Waals surface area contributed by atoms with Gasteiger partial charge in [0.2, 0.25) is 0 Å². The van der Waals surface area contributed by atoms with Crippen LogP contribution in [0.2, 0.25) is 0 Å². The molecule has 0 spiro atoms. The predicted molar refractivity (Wildman–Crippen MR) is 100 cm³/mol. The van der Waals surface area contributed by atoms with Gasteiger partial charge in [-0.2, -0.15) is 0 Å². The smallest absolute Gasteiger partial charge is 0.344 e. The van der Waals surface area contributed by atoms with Crippen LogP contribution in [-0.4, -0.2) is 25.1 Å². The van der Waals surface area contributed by atoms with Crippen LogP contribution < -0.4 is 10.1 Å². The van der Waals surface area contributed by atoms with Gasteiger partial charge in [0.15, 0.2) is 13.2 Å². The first-order valence-corrected chi connectivity index (χ1v) is 8.57. The molecule has 26 heavy (non-hydrogen) atoms. The Hall–Kier alpha value is -2.82. The summed E-state index contributed by atoms with van der Waals surface area (Å²) in [4.78, 5) is 23.7. The summed E-state index contributed by atoms with van der Waals surface area (Å²) in [6.45, 7) is 7.30. The van der Waals surface area contributed by atoms with Crippen molar-refractivity contribution in [1.29, 1.82) is 0 Å². The fourth-order valence-corrected chi connectivity index (χ4v) is 2.44. The van der Waals surface area contributed by atoms with Crippen molar-refractivity contribution in [2.45, 2.75) is 33.7 Å². The maximum atomic E-state index is 12.0. The first-order chi connectivity index (χ1) is 12.4. The van der Waals surface area contributed by atoms with E-state index in [1.54, 1.807) is 6.07 Å². The zero-order chi connectivity index (χ0) is 19.1. The molecule has 1 N–H and O–H groups in total. The van der Waals surface area contributed by atoms with Crippen LogP contribution in [-0.2, 0) is 14.3 Å². The molecule has 0 saturated heterocycles. The van der Waals surface area contributed by atoms with E-state index in [2.05, 4.69) is 5.32 Å². The fourth-order valence-electron chi connectivity index (χ4n) is 2.44. The SMILES string of the molecule is Cc1ccc([C@H](C)NC(=O)COC(=O)COc2ccccc2C)cc1C. The molecule has 1 amide bonds. The Bertz CT molecular complexity index is 785. The minimum atomic E-state index is -0.581. The molecule has 0 aliphatic rings. The largest absolute Gasteiger partial charge is 0.482 e. The van der Waals surface area contributed by atoms with Gasteiger partial charge in [-0.1, -0.05) is 36.4 Å². The second kappa shape index (κ2) is 9.04. The van der Waals surface area contributed by atoms with E-state index in [1.807, 2.05) is 64.1 Å². The lowest BCUT2D eigenvalue weighted by Gasteiger charge is -2.16. The van der Waals surface area contributed by atoms with Gasteiger partial charge in [-0.15, -0.1) is 0 Å². The van der Waals surface area contributed by atoms with Gasteiger partial charge in [-0.25, -0.2) is 4.79 Å². The Morgan fingerprint density at radius 2 is 1.69 bits per heavy atom. The number of ether oxygens (including phenoxy) is 2. The van der Waals surface area contributed by atoms with Crippen LogP contribution in [0.4, 0.5) is 0 Å². The van der Waals surface area contributed by atoms with Crippen molar-refractivity contribution in [2.24, 2.45) is 0 Å². The van der Waals surface area contributed by atoms with Gasteiger partial charge in [0.25, 0.3) is 5.91 Å². The number of benzene rings is 2. The van der Waals surface area contributed by atoms with Crippen molar-refractivity contribution >= 4 is 11.9 Å². The van der Waals surface area contributed by atoms with Crippen LogP contribution in [0.1, 0.15) is 35.2 Å². The van der Waals surface area contributed by atoms with Gasteiger partial charge in [0, 0.05) is 0 Å². The minimum Gasteiger partial charge on any atom is -0.482 e. The van der Waals surface area contributed by atoms with Gasteiger partial charge in [0.1, 0.15) is 5.75 Å². The normalized spacial score (nSPS) is 11.5. The molecule has 0 aromatic heterocycles. The van der Waals surface area contributed by atoms with Crippen molar-refractivity contribution in [3.63, 3.8) is 0 Å². The van der Waals surface area contributed by atoms with Crippen LogP contribution in [0.25, 0.3) is 0 Å². The van der Waals surface area contributed by atoms with Crippen molar-refractivity contribution in [1.82, 2.24) is 5.32 Å². The van der Waals surface area contributed by atoms with E-state index in [-0.39, 0.29) is 25.2 Å². The third-order valence-corrected chi connectivity index (χ3v) is 4.21. The molecule has 2 aromatic carbocycles. The third kappa shape index (κ3) is 5.62. The lowest BCUT2D eigenvalue weighted by atomic mass is 10.0. The number of carbonyl (C=O) groups is 2. The molecule has 0 aliphatic heterocycles. The predicted octanol–water partition coefficient (Wildman–Crippen LogP) is 3.41. The summed E-state index contributed by atoms with van der Waals surface area (Å²) in [5.41, 5.74) is 4.31. The molecular weight excluding hydrogens is 330 g/mol. The molecule has 0 unspecified atom stereocenters. The number of hydrogen-bond donors (Lipinski definition) is 1. The van der Waals surface area contributed by atoms with Crippen LogP contribution in [0, 0.1) is 20.8 Å². The molecule has 0 fully saturated rings. The second-order valence-electron chi connectivity index (χ2n) is 6.35. The topological polar surface area (TPSA) is 64.6 Å². The Kier molecular flexibility index (Phi) is 6.78. The number of amides is 1. The maximum absolute atomic E-state index is 12.0. The van der Waals surface area contributed by atoms with Crippen LogP contribution in [0.5, 0.6) is 5.75 Å². The molecule has 5 heteroatoms. The lowest BCUT2D eigenvalue weighted by molar-refractivity contribution is -0.150. The summed E-state index contributed by atoms with van der Waals surface area (Å²) in [5, 5.41) is 2.82. The molecule has 0 saturated carbocycles. The zero-order valence-corrected chi connectivity index (χ0v) is 15.7. The number of esters is 1. The van der Waals surface area contributed by atoms with E-state index < -0.39 is 5.97 Å². The van der Waals surface area contributed by atoms with Crippen molar-refractivity contribution in [3.8, 4) is 5.75 Å². The molecule has 5 nitrogen and oxygen atoms in total.